The van der Waals surface area contributed by atoms with Crippen LogP contribution >= 0.6 is 23.5 Å². The minimum absolute atomic E-state index is 0.0967. The van der Waals surface area contributed by atoms with E-state index < -0.39 is 272 Å². The number of aliphatic hydroxyl groups excluding tert-OH is 19. The SMILES string of the molecule is C[C@H](CSCC1O[C@@H]2O[C@@H]3C(CO)O[C@@H](O[C@@H]4C(CO)O[C@@H](O[C@@H]5C(CSC[C@@H](N)C(=O)O)O[C@@H](O[C@@H]6C(CO)O[C@H](O[C@@H]7C(CO)O[C@H](O[C@@H]8C(CO)O[C@H](O[C@H]1[C@H](O)C2O)C(O)[C@H]8O)C(O)[C@H]7O)C(O)[C@H]6O)C(O)[C@H]5O)C(O)[C@H]4O)C(O)[C@H]3O)C(=O)O. The van der Waals surface area contributed by atoms with E-state index >= 15 is 0 Å². The molecule has 37 atom stereocenters. The van der Waals surface area contributed by atoms with E-state index in [4.69, 9.17) is 72.0 Å². The van der Waals surface area contributed by atoms with Crippen LogP contribution in [0.25, 0.3) is 0 Å². The lowest BCUT2D eigenvalue weighted by Crippen LogP contribution is -2.68. The summed E-state index contributed by atoms with van der Waals surface area (Å²) in [5.74, 6) is -4.70. The Labute approximate surface area is 512 Å². The molecule has 38 nitrogen and oxygen atoms in total. The average molecular weight is 1340 g/mol. The molecule has 0 aromatic carbocycles. The third kappa shape index (κ3) is 15.9. The van der Waals surface area contributed by atoms with E-state index in [0.717, 1.165) is 23.5 Å². The van der Waals surface area contributed by atoms with E-state index in [1.54, 1.807) is 0 Å². The maximum absolute atomic E-state index is 11.7. The first-order valence-electron chi connectivity index (χ1n) is 28.3. The smallest absolute Gasteiger partial charge is 0.321 e. The summed E-state index contributed by atoms with van der Waals surface area (Å²) >= 11 is 1.72. The lowest BCUT2D eigenvalue weighted by atomic mass is 9.95. The van der Waals surface area contributed by atoms with Crippen LogP contribution in [0.4, 0.5) is 0 Å². The van der Waals surface area contributed by atoms with Gasteiger partial charge >= 0.3 is 11.9 Å². The summed E-state index contributed by atoms with van der Waals surface area (Å²) in [6.07, 6.45) is -70.9. The third-order valence-corrected chi connectivity index (χ3v) is 18.9. The molecule has 40 heteroatoms. The Bertz CT molecular complexity index is 2190. The van der Waals surface area contributed by atoms with Crippen LogP contribution < -0.4 is 5.73 Å². The van der Waals surface area contributed by atoms with Crippen LogP contribution in [0.2, 0.25) is 0 Å². The summed E-state index contributed by atoms with van der Waals surface area (Å²) in [4.78, 5) is 23.3. The first-order chi connectivity index (χ1) is 42.2. The number of ether oxygens (including phenoxy) is 14. The zero-order valence-corrected chi connectivity index (χ0v) is 48.7. The van der Waals surface area contributed by atoms with Crippen molar-refractivity contribution < 1.29 is 183 Å². The van der Waals surface area contributed by atoms with Crippen LogP contribution in [0, 0.1) is 5.92 Å². The first kappa shape index (κ1) is 73.1. The molecular weight excluding hydrogens is 1260 g/mol. The molecule has 21 aliphatic heterocycles. The van der Waals surface area contributed by atoms with Gasteiger partial charge in [-0.05, 0) is 0 Å². The molecule has 21 aliphatic rings. The summed E-state index contributed by atoms with van der Waals surface area (Å²) in [7, 11) is 0. The van der Waals surface area contributed by atoms with Crippen LogP contribution in [0.5, 0.6) is 0 Å². The minimum Gasteiger partial charge on any atom is -0.481 e. The van der Waals surface area contributed by atoms with Gasteiger partial charge in [0.05, 0.1) is 51.2 Å². The van der Waals surface area contributed by atoms with Crippen molar-refractivity contribution in [2.45, 2.75) is 228 Å². The van der Waals surface area contributed by atoms with Gasteiger partial charge in [-0.1, -0.05) is 6.92 Å². The van der Waals surface area contributed by atoms with E-state index in [-0.39, 0.29) is 23.0 Å². The number of carboxylic acid groups (broad SMARTS) is 2. The van der Waals surface area contributed by atoms with Crippen molar-refractivity contribution in [3.05, 3.63) is 0 Å². The largest absolute Gasteiger partial charge is 0.481 e. The molecule has 21 heterocycles. The number of aliphatic carboxylic acids is 2. The third-order valence-electron chi connectivity index (χ3n) is 16.4. The monoisotopic (exact) mass is 1340 g/mol. The topological polar surface area (TPSA) is 614 Å². The Morgan fingerprint density at radius 3 is 0.697 bits per heavy atom. The van der Waals surface area contributed by atoms with Gasteiger partial charge in [0.1, 0.15) is 165 Å². The maximum atomic E-state index is 11.7. The predicted molar refractivity (Wildman–Crippen MR) is 281 cm³/mol. The van der Waals surface area contributed by atoms with Crippen LogP contribution in [0.15, 0.2) is 0 Å². The van der Waals surface area contributed by atoms with Crippen molar-refractivity contribution in [2.24, 2.45) is 11.7 Å². The molecule has 0 aromatic rings. The van der Waals surface area contributed by atoms with Crippen molar-refractivity contribution in [3.8, 4) is 0 Å². The highest BCUT2D eigenvalue weighted by atomic mass is 32.2. The van der Waals surface area contributed by atoms with Crippen molar-refractivity contribution in [2.75, 3.05) is 56.0 Å². The second-order valence-electron chi connectivity index (χ2n) is 22.5. The Hall–Kier alpha value is -1.72. The summed E-state index contributed by atoms with van der Waals surface area (Å²) in [5, 5.41) is 233. The fraction of sp³-hybridized carbons (Fsp3) is 0.959. The van der Waals surface area contributed by atoms with E-state index in [1.165, 1.54) is 6.92 Å². The van der Waals surface area contributed by atoms with Gasteiger partial charge in [-0.25, -0.2) is 0 Å². The molecule has 0 aliphatic carbocycles. The quantitative estimate of drug-likeness (QED) is 0.0724. The second-order valence-corrected chi connectivity index (χ2v) is 24.7. The number of thioether (sulfide) groups is 2. The molecule has 0 spiro atoms. The number of hydrogen-bond donors (Lipinski definition) is 22. The summed E-state index contributed by atoms with van der Waals surface area (Å²) in [5.41, 5.74) is 5.70. The zero-order chi connectivity index (χ0) is 65.2. The molecular formula is C49H81NO37S2. The van der Waals surface area contributed by atoms with E-state index in [9.17, 15) is 117 Å². The first-order valence-corrected chi connectivity index (χ1v) is 30.6. The van der Waals surface area contributed by atoms with Gasteiger partial charge in [0, 0.05) is 23.0 Å². The summed E-state index contributed by atoms with van der Waals surface area (Å²) in [6, 6.07) is -1.46. The van der Waals surface area contributed by atoms with Gasteiger partial charge in [-0.15, -0.1) is 0 Å². The van der Waals surface area contributed by atoms with E-state index in [2.05, 4.69) is 0 Å². The summed E-state index contributed by atoms with van der Waals surface area (Å²) < 4.78 is 81.8. The Morgan fingerprint density at radius 2 is 0.506 bits per heavy atom. The van der Waals surface area contributed by atoms with E-state index in [1.807, 2.05) is 0 Å². The predicted octanol–water partition coefficient (Wildman–Crippen LogP) is -13.6. The molecule has 14 unspecified atom stereocenters. The Morgan fingerprint density at radius 1 is 0.315 bits per heavy atom. The zero-order valence-electron chi connectivity index (χ0n) is 47.0. The van der Waals surface area contributed by atoms with Crippen LogP contribution in [0.3, 0.4) is 0 Å². The molecule has 0 radical (unpaired) electrons. The van der Waals surface area contributed by atoms with Gasteiger partial charge in [0.25, 0.3) is 0 Å². The molecule has 21 fully saturated rings. The second kappa shape index (κ2) is 31.9. The van der Waals surface area contributed by atoms with Crippen LogP contribution in [-0.2, 0) is 75.9 Å². The molecule has 23 N–H and O–H groups in total. The number of nitrogens with two attached hydrogens (primary N) is 1. The number of rotatable bonds is 15. The van der Waals surface area contributed by atoms with Crippen molar-refractivity contribution in [1.82, 2.24) is 0 Å². The lowest BCUT2D eigenvalue weighted by molar-refractivity contribution is -0.395. The average Bonchev–Trinajstić information content (AvgIpc) is 0.983. The normalized spacial score (nSPS) is 50.1. The standard InChI is InChI=1S/C49H81NO37S2/c1-11(41(70)71)7-88-9-18-39-25(61)32(68)48(79-18)84-37-16(5-54)75-45(28(64)21(37)57)83-36-15(4-53)78-47(31(67)24(36)60)87-40-19(10-89-8-12(50)42(72)73)80-49(33(69)26(40)62)85-38-17(6-55)76-44(29(65)22(38)58)81-34-13(2-51)74-43(27(63)20(34)56)82-35-14(3-52)77-46(86-39)30(66)23(35)59/h11-40,43-49,51-69H,2-10,50H2,1H3,(H,70,71)(H,72,73)/t11-,12-,13?,14?,15?,16?,17?,18?,19?,20-,21-,22-,23-,24-,25-,26-,27?,28?,29?,30?,31?,32?,33?,34-,35-,36-,37-,38-,39-,40-,43-,44-,45+,46-,47+,48-,49+/m1/s1. The van der Waals surface area contributed by atoms with E-state index in [0.29, 0.717) is 0 Å². The van der Waals surface area contributed by atoms with Crippen molar-refractivity contribution in [3.63, 3.8) is 0 Å². The molecule has 0 aromatic heterocycles. The van der Waals surface area contributed by atoms with Gasteiger partial charge in [-0.3, -0.25) is 9.59 Å². The number of aliphatic hydroxyl groups is 19. The summed E-state index contributed by atoms with van der Waals surface area (Å²) in [6.45, 7) is -4.01. The highest BCUT2D eigenvalue weighted by molar-refractivity contribution is 7.99. The molecule has 0 amide bonds. The van der Waals surface area contributed by atoms with Crippen molar-refractivity contribution in [1.29, 1.82) is 0 Å². The highest BCUT2D eigenvalue weighted by Crippen LogP contribution is 2.40. The van der Waals surface area contributed by atoms with Gasteiger partial charge in [0.2, 0.25) is 0 Å². The number of carbonyl (C=O) groups is 2. The lowest BCUT2D eigenvalue weighted by Gasteiger charge is -2.50. The van der Waals surface area contributed by atoms with Crippen molar-refractivity contribution >= 4 is 35.5 Å². The Balaban J connectivity index is 1.11. The molecule has 14 bridgehead atoms. The molecule has 89 heavy (non-hydrogen) atoms. The van der Waals surface area contributed by atoms with Gasteiger partial charge in [0.15, 0.2) is 44.0 Å². The fourth-order valence-corrected chi connectivity index (χ4v) is 13.4. The fourth-order valence-electron chi connectivity index (χ4n) is 11.2. The molecule has 21 rings (SSSR count). The van der Waals surface area contributed by atoms with Crippen LogP contribution in [-0.4, -0.2) is 396 Å². The minimum atomic E-state index is -2.25. The Kier molecular flexibility index (Phi) is 26.2. The molecule has 516 valence electrons. The van der Waals surface area contributed by atoms with Crippen LogP contribution in [0.1, 0.15) is 6.92 Å². The number of hydrogen-bond acceptors (Lipinski definition) is 38. The highest BCUT2D eigenvalue weighted by Gasteiger charge is 2.60. The maximum Gasteiger partial charge on any atom is 0.321 e. The molecule has 21 saturated heterocycles. The number of carboxylic acids is 2. The molecule has 0 saturated carbocycles. The van der Waals surface area contributed by atoms with Gasteiger partial charge < -0.3 is 179 Å². The van der Waals surface area contributed by atoms with Gasteiger partial charge in [-0.2, -0.15) is 23.5 Å².